The first-order valence-corrected chi connectivity index (χ1v) is 50.8. The molecule has 0 N–H and O–H groups in total. The molecule has 0 fully saturated rings. The lowest BCUT2D eigenvalue weighted by Gasteiger charge is -2.48. The highest BCUT2D eigenvalue weighted by molar-refractivity contribution is 7.26. The van der Waals surface area contributed by atoms with Crippen LogP contribution in [0.3, 0.4) is 0 Å². The van der Waals surface area contributed by atoms with E-state index in [-0.39, 0.29) is 0 Å². The highest BCUT2D eigenvalue weighted by atomic mass is 32.1. The number of benzene rings is 21. The Balaban J connectivity index is 0.000000133. The van der Waals surface area contributed by atoms with Crippen LogP contribution in [0.1, 0.15) is 89.0 Å². The molecule has 0 radical (unpaired) electrons. The molecule has 0 saturated carbocycles. The molecule has 4 spiro atoms. The van der Waals surface area contributed by atoms with Gasteiger partial charge < -0.3 is 0 Å². The van der Waals surface area contributed by atoms with Crippen molar-refractivity contribution in [3.05, 3.63) is 593 Å². The van der Waals surface area contributed by atoms with Gasteiger partial charge in [-0.05, 0) is 215 Å². The molecule has 25 aromatic rings. The van der Waals surface area contributed by atoms with Crippen molar-refractivity contribution in [1.82, 2.24) is 15.0 Å². The van der Waals surface area contributed by atoms with Crippen LogP contribution >= 0.6 is 22.7 Å². The summed E-state index contributed by atoms with van der Waals surface area (Å²) in [7, 11) is 0. The summed E-state index contributed by atoms with van der Waals surface area (Å²) in [5.74, 6) is 0.705. The normalized spacial score (nSPS) is 14.0. The molecule has 0 bridgehead atoms. The second-order valence-corrected chi connectivity index (χ2v) is 40.8. The van der Waals surface area contributed by atoms with Crippen LogP contribution in [0.25, 0.3) is 185 Å². The van der Waals surface area contributed by atoms with Gasteiger partial charge in [-0.1, -0.05) is 455 Å². The summed E-state index contributed by atoms with van der Waals surface area (Å²) in [6.07, 6.45) is 0. The van der Waals surface area contributed by atoms with Crippen molar-refractivity contribution in [2.45, 2.75) is 21.7 Å². The van der Waals surface area contributed by atoms with Crippen LogP contribution in [-0.2, 0) is 21.7 Å². The molecule has 31 rings (SSSR count). The summed E-state index contributed by atoms with van der Waals surface area (Å²) in [5, 5.41) is 7.58. The van der Waals surface area contributed by atoms with E-state index in [1.165, 1.54) is 196 Å². The van der Waals surface area contributed by atoms with Crippen molar-refractivity contribution in [3.8, 4) is 134 Å². The van der Waals surface area contributed by atoms with Crippen molar-refractivity contribution >= 4 is 73.8 Å². The fourth-order valence-corrected chi connectivity index (χ4v) is 28.9. The summed E-state index contributed by atoms with van der Waals surface area (Å²) < 4.78 is 5.29. The standard InChI is InChI=1S/C70H42N2S.C67H41NS/c1-2-19-44(20-3-1)62-42-63(72-68(71-62)48-37-36-43-18-4-5-21-45(43)40-48)47-23-16-22-46(41-47)49-27-17-34-60-65(49)66-61(39-38-53-52-26-8-15-35-64(52)73-67(53)66)70(60)58-32-13-11-30-56(58)69(57-31-12-14-33-59(57)70)54-28-9-6-24-50(54)51-25-7-10-29-55(51)69;1-3-19-42(20-4-1)60-40-46(41-61(68-60)43-21-5-2-6-22-43)44-23-17-24-45(39-44)47-28-18-35-58-63(47)64-59(38-37-51-50-27-9-16-36-62(50)69-65(51)64)67(58)56-33-14-12-31-54(56)66(55-32-13-15-34-57(55)67)52-29-10-7-25-48(52)49-26-8-11-30-53(49)66/h1-42H;1-41H. The van der Waals surface area contributed by atoms with E-state index < -0.39 is 21.7 Å². The van der Waals surface area contributed by atoms with Crippen LogP contribution in [0.15, 0.2) is 504 Å². The Morgan fingerprint density at radius 3 is 0.866 bits per heavy atom. The van der Waals surface area contributed by atoms with Gasteiger partial charge in [-0.3, -0.25) is 0 Å². The van der Waals surface area contributed by atoms with Crippen LogP contribution in [0.4, 0.5) is 0 Å². The molecule has 0 atom stereocenters. The fraction of sp³-hybridized carbons (Fsp3) is 0.0292. The lowest BCUT2D eigenvalue weighted by Crippen LogP contribution is -2.43. The van der Waals surface area contributed by atoms with Crippen molar-refractivity contribution in [2.24, 2.45) is 0 Å². The minimum absolute atomic E-state index is 0.496. The molecule has 0 saturated heterocycles. The summed E-state index contributed by atoms with van der Waals surface area (Å²) >= 11 is 3.86. The molecule has 4 heterocycles. The third kappa shape index (κ3) is 11.2. The van der Waals surface area contributed by atoms with Gasteiger partial charge in [0, 0.05) is 79.3 Å². The number of thiophene rings is 2. The second kappa shape index (κ2) is 31.0. The number of hydrogen-bond acceptors (Lipinski definition) is 5. The molecule has 6 aliphatic carbocycles. The van der Waals surface area contributed by atoms with E-state index in [4.69, 9.17) is 15.0 Å². The smallest absolute Gasteiger partial charge is 0.160 e. The minimum atomic E-state index is -0.625. The molecule has 3 nitrogen and oxygen atoms in total. The molecule has 142 heavy (non-hydrogen) atoms. The topological polar surface area (TPSA) is 38.7 Å². The van der Waals surface area contributed by atoms with Gasteiger partial charge in [0.2, 0.25) is 0 Å². The summed E-state index contributed by atoms with van der Waals surface area (Å²) in [6.45, 7) is 0. The number of fused-ring (bicyclic) bond motifs is 41. The summed E-state index contributed by atoms with van der Waals surface area (Å²) in [4.78, 5) is 15.9. The average molecular weight is 1840 g/mol. The Bertz CT molecular complexity index is 9410. The first kappa shape index (κ1) is 80.6. The first-order valence-electron chi connectivity index (χ1n) is 49.2. The zero-order valence-corrected chi connectivity index (χ0v) is 78.7. The molecule has 0 aliphatic heterocycles. The Hall–Kier alpha value is -17.5. The molecule has 0 unspecified atom stereocenters. The maximum absolute atomic E-state index is 5.39. The number of hydrogen-bond donors (Lipinski definition) is 0. The number of rotatable bonds is 8. The monoisotopic (exact) mass is 1830 g/mol. The first-order chi connectivity index (χ1) is 70.4. The Morgan fingerprint density at radius 1 is 0.148 bits per heavy atom. The quantitative estimate of drug-likeness (QED) is 0.152. The number of pyridine rings is 1. The van der Waals surface area contributed by atoms with Gasteiger partial charge in [0.1, 0.15) is 0 Å². The van der Waals surface area contributed by atoms with E-state index in [0.29, 0.717) is 5.82 Å². The predicted molar refractivity (Wildman–Crippen MR) is 589 cm³/mol. The maximum Gasteiger partial charge on any atom is 0.160 e. The van der Waals surface area contributed by atoms with Gasteiger partial charge in [0.05, 0.1) is 44.4 Å². The molecule has 0 amide bonds. The highest BCUT2D eigenvalue weighted by Gasteiger charge is 2.62. The molecule has 4 aromatic heterocycles. The molecule has 6 aliphatic rings. The molecule has 5 heteroatoms. The van der Waals surface area contributed by atoms with Crippen LogP contribution in [0, 0.1) is 0 Å². The van der Waals surface area contributed by atoms with Gasteiger partial charge in [-0.2, -0.15) is 0 Å². The van der Waals surface area contributed by atoms with Gasteiger partial charge in [-0.15, -0.1) is 22.7 Å². The Morgan fingerprint density at radius 2 is 0.444 bits per heavy atom. The summed E-state index contributed by atoms with van der Waals surface area (Å²) in [6, 6.07) is 188. The Labute approximate surface area is 830 Å². The van der Waals surface area contributed by atoms with Crippen LogP contribution in [0.2, 0.25) is 0 Å². The lowest BCUT2D eigenvalue weighted by atomic mass is 9.52. The predicted octanol–water partition coefficient (Wildman–Crippen LogP) is 34.9. The molecule has 21 aromatic carbocycles. The van der Waals surface area contributed by atoms with E-state index in [1.807, 2.05) is 22.7 Å². The Kier molecular flexibility index (Phi) is 17.6. The van der Waals surface area contributed by atoms with Gasteiger partial charge in [-0.25, -0.2) is 15.0 Å². The third-order valence-corrected chi connectivity index (χ3v) is 34.3. The van der Waals surface area contributed by atoms with Gasteiger partial charge in [0.15, 0.2) is 5.82 Å². The van der Waals surface area contributed by atoms with Crippen molar-refractivity contribution in [1.29, 1.82) is 0 Å². The van der Waals surface area contributed by atoms with Crippen LogP contribution in [-0.4, -0.2) is 15.0 Å². The zero-order valence-electron chi connectivity index (χ0n) is 77.1. The lowest BCUT2D eigenvalue weighted by molar-refractivity contribution is 0.633. The van der Waals surface area contributed by atoms with Crippen molar-refractivity contribution in [2.75, 3.05) is 0 Å². The van der Waals surface area contributed by atoms with E-state index in [0.717, 1.165) is 72.7 Å². The number of aromatic nitrogens is 3. The van der Waals surface area contributed by atoms with Crippen molar-refractivity contribution in [3.63, 3.8) is 0 Å². The van der Waals surface area contributed by atoms with Gasteiger partial charge in [0.25, 0.3) is 0 Å². The SMILES string of the molecule is c1ccc(-c2cc(-c3cccc(-c4cccc5c4-c4c(ccc6c4sc4ccccc46)C54c5ccccc5C5(c6ccccc6-c6ccccc65)c5ccccc54)c3)cc(-c3ccccc3)n2)cc1.c1ccc(-c2cc(-c3cccc(-c4cccc5c4-c4c(ccc6c4sc4ccccc46)C54c5ccccc5C5(c6ccccc6-c6ccccc65)c5ccccc54)c3)nc(-c3ccc4ccccc4c3)n2)cc1. The van der Waals surface area contributed by atoms with E-state index in [2.05, 4.69) is 504 Å². The van der Waals surface area contributed by atoms with E-state index in [1.54, 1.807) is 0 Å². The van der Waals surface area contributed by atoms with Gasteiger partial charge >= 0.3 is 0 Å². The van der Waals surface area contributed by atoms with Crippen LogP contribution in [0.5, 0.6) is 0 Å². The van der Waals surface area contributed by atoms with Crippen molar-refractivity contribution < 1.29 is 0 Å². The maximum atomic E-state index is 5.39. The molecular weight excluding hydrogens is 1750 g/mol. The van der Waals surface area contributed by atoms with Crippen LogP contribution < -0.4 is 0 Å². The summed E-state index contributed by atoms with van der Waals surface area (Å²) in [5.41, 5.74) is 45.9. The second-order valence-electron chi connectivity index (χ2n) is 38.7. The fourth-order valence-electron chi connectivity index (χ4n) is 26.4. The average Bonchev–Trinajstić information content (AvgIpc) is 1.47. The highest BCUT2D eigenvalue weighted by Crippen LogP contribution is 2.72. The van der Waals surface area contributed by atoms with E-state index >= 15 is 0 Å². The molecule has 658 valence electrons. The van der Waals surface area contributed by atoms with E-state index in [9.17, 15) is 0 Å². The minimum Gasteiger partial charge on any atom is -0.248 e. The largest absolute Gasteiger partial charge is 0.248 e. The third-order valence-electron chi connectivity index (χ3n) is 31.9. The number of nitrogens with zero attached hydrogens (tertiary/aromatic N) is 3. The zero-order chi connectivity index (χ0) is 93.1. The molecular formula is C137H83N3S2.